The standard InChI is InChI=1S/C18H27F3N4/c1-14(13-25-9-3-4-10-25)11-23-17(22-2)24-12-15-5-7-16(8-6-15)18(19,20)21/h5-8,14H,3-4,9-13H2,1-2H3,(H2,22,23,24). The zero-order valence-electron chi connectivity index (χ0n) is 14.9. The van der Waals surface area contributed by atoms with Gasteiger partial charge in [0.25, 0.3) is 0 Å². The van der Waals surface area contributed by atoms with Crippen molar-refractivity contribution >= 4 is 5.96 Å². The Labute approximate surface area is 147 Å². The molecule has 0 aliphatic carbocycles. The van der Waals surface area contributed by atoms with E-state index in [0.717, 1.165) is 30.8 Å². The van der Waals surface area contributed by atoms with Gasteiger partial charge in [0.15, 0.2) is 5.96 Å². The van der Waals surface area contributed by atoms with Crippen LogP contribution >= 0.6 is 0 Å². The largest absolute Gasteiger partial charge is 0.416 e. The Kier molecular flexibility index (Phi) is 7.11. The molecule has 0 radical (unpaired) electrons. The average Bonchev–Trinajstić information content (AvgIpc) is 3.07. The lowest BCUT2D eigenvalue weighted by molar-refractivity contribution is -0.137. The SMILES string of the molecule is CN=C(NCc1ccc(C(F)(F)F)cc1)NCC(C)CN1CCCC1. The van der Waals surface area contributed by atoms with Crippen molar-refractivity contribution in [2.75, 3.05) is 33.2 Å². The Morgan fingerprint density at radius 2 is 1.80 bits per heavy atom. The lowest BCUT2D eigenvalue weighted by atomic mass is 10.1. The number of alkyl halides is 3. The second-order valence-electron chi connectivity index (χ2n) is 6.61. The molecule has 25 heavy (non-hydrogen) atoms. The number of benzene rings is 1. The van der Waals surface area contributed by atoms with Gasteiger partial charge in [0.2, 0.25) is 0 Å². The van der Waals surface area contributed by atoms with Crippen LogP contribution in [0.25, 0.3) is 0 Å². The zero-order chi connectivity index (χ0) is 18.3. The molecular weight excluding hydrogens is 329 g/mol. The molecule has 4 nitrogen and oxygen atoms in total. The van der Waals surface area contributed by atoms with Crippen molar-refractivity contribution < 1.29 is 13.2 Å². The van der Waals surface area contributed by atoms with Crippen molar-refractivity contribution in [3.63, 3.8) is 0 Å². The first kappa shape index (κ1) is 19.6. The topological polar surface area (TPSA) is 39.7 Å². The number of halogens is 3. The lowest BCUT2D eigenvalue weighted by Gasteiger charge is -2.21. The van der Waals surface area contributed by atoms with Gasteiger partial charge in [-0.2, -0.15) is 13.2 Å². The number of guanidine groups is 1. The molecule has 0 bridgehead atoms. The minimum Gasteiger partial charge on any atom is -0.356 e. The van der Waals surface area contributed by atoms with E-state index in [9.17, 15) is 13.2 Å². The van der Waals surface area contributed by atoms with Gasteiger partial charge in [-0.25, -0.2) is 0 Å². The van der Waals surface area contributed by atoms with Crippen molar-refractivity contribution in [2.24, 2.45) is 10.9 Å². The number of nitrogens with one attached hydrogen (secondary N) is 2. The molecule has 0 saturated carbocycles. The van der Waals surface area contributed by atoms with Gasteiger partial charge in [0.05, 0.1) is 5.56 Å². The van der Waals surface area contributed by atoms with Crippen LogP contribution < -0.4 is 10.6 Å². The highest BCUT2D eigenvalue weighted by Crippen LogP contribution is 2.29. The second kappa shape index (κ2) is 9.08. The summed E-state index contributed by atoms with van der Waals surface area (Å²) in [5.41, 5.74) is 0.149. The third-order valence-electron chi connectivity index (χ3n) is 4.35. The van der Waals surface area contributed by atoms with Crippen LogP contribution in [0.15, 0.2) is 29.3 Å². The molecule has 140 valence electrons. The predicted molar refractivity (Wildman–Crippen MR) is 94.5 cm³/mol. The van der Waals surface area contributed by atoms with E-state index in [2.05, 4.69) is 27.4 Å². The molecule has 1 heterocycles. The molecule has 0 spiro atoms. The molecule has 1 aromatic rings. The molecule has 0 amide bonds. The number of hydrogen-bond acceptors (Lipinski definition) is 2. The Balaban J connectivity index is 1.74. The molecule has 7 heteroatoms. The summed E-state index contributed by atoms with van der Waals surface area (Å²) in [4.78, 5) is 6.64. The van der Waals surface area contributed by atoms with Gasteiger partial charge >= 0.3 is 6.18 Å². The first-order chi connectivity index (χ1) is 11.9. The van der Waals surface area contributed by atoms with E-state index in [1.54, 1.807) is 7.05 Å². The van der Waals surface area contributed by atoms with E-state index in [1.165, 1.54) is 38.1 Å². The van der Waals surface area contributed by atoms with E-state index < -0.39 is 11.7 Å². The summed E-state index contributed by atoms with van der Waals surface area (Å²) in [7, 11) is 1.69. The van der Waals surface area contributed by atoms with Crippen molar-refractivity contribution in [3.8, 4) is 0 Å². The van der Waals surface area contributed by atoms with Gasteiger partial charge < -0.3 is 15.5 Å². The van der Waals surface area contributed by atoms with E-state index in [-0.39, 0.29) is 0 Å². The molecule has 2 rings (SSSR count). The van der Waals surface area contributed by atoms with Gasteiger partial charge in [0, 0.05) is 26.7 Å². The van der Waals surface area contributed by atoms with Gasteiger partial charge in [-0.3, -0.25) is 4.99 Å². The molecular formula is C18H27F3N4. The van der Waals surface area contributed by atoms with Crippen molar-refractivity contribution in [3.05, 3.63) is 35.4 Å². The van der Waals surface area contributed by atoms with Gasteiger partial charge in [-0.15, -0.1) is 0 Å². The molecule has 1 unspecified atom stereocenters. The fourth-order valence-corrected chi connectivity index (χ4v) is 2.96. The molecule has 2 N–H and O–H groups in total. The van der Waals surface area contributed by atoms with Crippen molar-refractivity contribution in [1.82, 2.24) is 15.5 Å². The van der Waals surface area contributed by atoms with Crippen LogP contribution in [0.5, 0.6) is 0 Å². The fourth-order valence-electron chi connectivity index (χ4n) is 2.96. The highest BCUT2D eigenvalue weighted by Gasteiger charge is 2.29. The fraction of sp³-hybridized carbons (Fsp3) is 0.611. The molecule has 1 aliphatic heterocycles. The highest BCUT2D eigenvalue weighted by atomic mass is 19.4. The number of aliphatic imine (C=N–C) groups is 1. The Hall–Kier alpha value is -1.76. The van der Waals surface area contributed by atoms with E-state index in [1.807, 2.05) is 0 Å². The number of hydrogen-bond donors (Lipinski definition) is 2. The first-order valence-corrected chi connectivity index (χ1v) is 8.71. The minimum absolute atomic E-state index is 0.429. The van der Waals surface area contributed by atoms with Crippen molar-refractivity contribution in [1.29, 1.82) is 0 Å². The second-order valence-corrected chi connectivity index (χ2v) is 6.61. The lowest BCUT2D eigenvalue weighted by Crippen LogP contribution is -2.41. The quantitative estimate of drug-likeness (QED) is 0.608. The molecule has 1 aromatic carbocycles. The third kappa shape index (κ3) is 6.57. The Morgan fingerprint density at radius 3 is 2.36 bits per heavy atom. The first-order valence-electron chi connectivity index (χ1n) is 8.71. The smallest absolute Gasteiger partial charge is 0.356 e. The van der Waals surface area contributed by atoms with Crippen LogP contribution in [-0.2, 0) is 12.7 Å². The number of rotatable bonds is 6. The van der Waals surface area contributed by atoms with Gasteiger partial charge in [-0.05, 0) is 49.5 Å². The van der Waals surface area contributed by atoms with Gasteiger partial charge in [-0.1, -0.05) is 19.1 Å². The summed E-state index contributed by atoms with van der Waals surface area (Å²) in [6, 6.07) is 5.18. The maximum atomic E-state index is 12.6. The van der Waals surface area contributed by atoms with E-state index >= 15 is 0 Å². The van der Waals surface area contributed by atoms with Crippen LogP contribution in [-0.4, -0.2) is 44.1 Å². The Morgan fingerprint density at radius 1 is 1.16 bits per heavy atom. The number of likely N-dealkylation sites (tertiary alicyclic amines) is 1. The molecule has 0 aromatic heterocycles. The van der Waals surface area contributed by atoms with Crippen LogP contribution in [0.4, 0.5) is 13.2 Å². The summed E-state index contributed by atoms with van der Waals surface area (Å²) in [5, 5.41) is 6.42. The van der Waals surface area contributed by atoms with Crippen LogP contribution in [0.1, 0.15) is 30.9 Å². The summed E-state index contributed by atoms with van der Waals surface area (Å²) in [5.74, 6) is 1.16. The molecule has 1 fully saturated rings. The monoisotopic (exact) mass is 356 g/mol. The van der Waals surface area contributed by atoms with Crippen molar-refractivity contribution in [2.45, 2.75) is 32.5 Å². The minimum atomic E-state index is -4.30. The average molecular weight is 356 g/mol. The third-order valence-corrected chi connectivity index (χ3v) is 4.35. The zero-order valence-corrected chi connectivity index (χ0v) is 14.9. The summed E-state index contributed by atoms with van der Waals surface area (Å²) in [6.07, 6.45) is -1.72. The summed E-state index contributed by atoms with van der Waals surface area (Å²) >= 11 is 0. The van der Waals surface area contributed by atoms with E-state index in [0.29, 0.717) is 18.4 Å². The Bertz CT molecular complexity index is 548. The normalized spacial score (nSPS) is 17.6. The van der Waals surface area contributed by atoms with Gasteiger partial charge in [0.1, 0.15) is 0 Å². The molecule has 1 aliphatic rings. The summed E-state index contributed by atoms with van der Waals surface area (Å²) in [6.45, 7) is 6.88. The molecule has 1 atom stereocenters. The predicted octanol–water partition coefficient (Wildman–Crippen LogP) is 3.10. The van der Waals surface area contributed by atoms with Crippen LogP contribution in [0.3, 0.4) is 0 Å². The van der Waals surface area contributed by atoms with Crippen LogP contribution in [0, 0.1) is 5.92 Å². The maximum Gasteiger partial charge on any atom is 0.416 e. The van der Waals surface area contributed by atoms with E-state index in [4.69, 9.17) is 0 Å². The summed E-state index contributed by atoms with van der Waals surface area (Å²) < 4.78 is 37.7. The number of nitrogens with zero attached hydrogens (tertiary/aromatic N) is 2. The molecule has 1 saturated heterocycles. The maximum absolute atomic E-state index is 12.6. The van der Waals surface area contributed by atoms with Crippen LogP contribution in [0.2, 0.25) is 0 Å². The highest BCUT2D eigenvalue weighted by molar-refractivity contribution is 5.79.